The maximum atomic E-state index is 13.0. The summed E-state index contributed by atoms with van der Waals surface area (Å²) < 4.78 is 46.0. The number of rotatable bonds is 7. The summed E-state index contributed by atoms with van der Waals surface area (Å²) in [5.74, 6) is -0.392. The van der Waals surface area contributed by atoms with Crippen LogP contribution in [0.4, 0.5) is 18.9 Å². The highest BCUT2D eigenvalue weighted by Crippen LogP contribution is 2.31. The third-order valence-electron chi connectivity index (χ3n) is 5.92. The first kappa shape index (κ1) is 25.6. The van der Waals surface area contributed by atoms with Crippen molar-refractivity contribution in [2.24, 2.45) is 5.92 Å². The summed E-state index contributed by atoms with van der Waals surface area (Å²) in [4.78, 5) is 28.2. The van der Waals surface area contributed by atoms with Crippen LogP contribution in [0.3, 0.4) is 0 Å². The molecule has 0 unspecified atom stereocenters. The highest BCUT2D eigenvalue weighted by Gasteiger charge is 2.31. The molecule has 0 atom stereocenters. The van der Waals surface area contributed by atoms with E-state index in [9.17, 15) is 22.8 Å². The van der Waals surface area contributed by atoms with Crippen LogP contribution in [0.2, 0.25) is 0 Å². The van der Waals surface area contributed by atoms with Crippen molar-refractivity contribution in [3.8, 4) is 0 Å². The van der Waals surface area contributed by atoms with E-state index in [1.165, 1.54) is 6.07 Å². The van der Waals surface area contributed by atoms with Crippen molar-refractivity contribution in [1.82, 2.24) is 14.7 Å². The first-order valence-electron chi connectivity index (χ1n) is 11.3. The second-order valence-electron chi connectivity index (χ2n) is 8.98. The standard InChI is InChI=1S/C24H31F3N4O3/c1-16(2)14-31-18(4)21(17(3)28-31)13-23(33)34-15-22(32)30-10-8-29(9-11-30)20-7-5-6-19(12-20)24(25,26)27/h5-7,12,16H,8-11,13-15H2,1-4H3. The minimum Gasteiger partial charge on any atom is -0.455 e. The number of aromatic nitrogens is 2. The fourth-order valence-electron chi connectivity index (χ4n) is 4.04. The van der Waals surface area contributed by atoms with Crippen LogP contribution in [0, 0.1) is 19.8 Å². The molecule has 0 aliphatic carbocycles. The molecule has 186 valence electrons. The Kier molecular flexibility index (Phi) is 7.89. The molecule has 10 heteroatoms. The van der Waals surface area contributed by atoms with E-state index in [-0.39, 0.29) is 18.9 Å². The average molecular weight is 481 g/mol. The predicted molar refractivity (Wildman–Crippen MR) is 121 cm³/mol. The lowest BCUT2D eigenvalue weighted by Gasteiger charge is -2.36. The maximum Gasteiger partial charge on any atom is 0.416 e. The third kappa shape index (κ3) is 6.30. The van der Waals surface area contributed by atoms with Crippen molar-refractivity contribution in [2.45, 2.75) is 46.8 Å². The van der Waals surface area contributed by atoms with Gasteiger partial charge in [0.15, 0.2) is 6.61 Å². The fraction of sp³-hybridized carbons (Fsp3) is 0.542. The number of nitrogens with zero attached hydrogens (tertiary/aromatic N) is 4. The first-order chi connectivity index (χ1) is 16.0. The number of hydrogen-bond donors (Lipinski definition) is 0. The van der Waals surface area contributed by atoms with E-state index in [1.807, 2.05) is 23.4 Å². The number of halogens is 3. The summed E-state index contributed by atoms with van der Waals surface area (Å²) in [7, 11) is 0. The van der Waals surface area contributed by atoms with Crippen LogP contribution in [-0.2, 0) is 33.5 Å². The summed E-state index contributed by atoms with van der Waals surface area (Å²) in [6.07, 6.45) is -4.35. The Bertz CT molecular complexity index is 1020. The van der Waals surface area contributed by atoms with Crippen LogP contribution in [0.1, 0.15) is 36.4 Å². The van der Waals surface area contributed by atoms with Gasteiger partial charge < -0.3 is 14.5 Å². The zero-order valence-corrected chi connectivity index (χ0v) is 20.0. The summed E-state index contributed by atoms with van der Waals surface area (Å²) in [5.41, 5.74) is 2.27. The van der Waals surface area contributed by atoms with E-state index >= 15 is 0 Å². The van der Waals surface area contributed by atoms with Gasteiger partial charge in [-0.15, -0.1) is 0 Å². The predicted octanol–water partition coefficient (Wildman–Crippen LogP) is 3.61. The van der Waals surface area contributed by atoms with Crippen LogP contribution >= 0.6 is 0 Å². The Morgan fingerprint density at radius 1 is 1.12 bits per heavy atom. The van der Waals surface area contributed by atoms with Crippen molar-refractivity contribution in [3.63, 3.8) is 0 Å². The van der Waals surface area contributed by atoms with Crippen molar-refractivity contribution in [3.05, 3.63) is 46.8 Å². The van der Waals surface area contributed by atoms with Crippen LogP contribution < -0.4 is 4.90 Å². The molecule has 0 spiro atoms. The minimum absolute atomic E-state index is 0.0480. The number of carbonyl (C=O) groups is 2. The molecule has 1 aliphatic heterocycles. The van der Waals surface area contributed by atoms with E-state index < -0.39 is 17.7 Å². The molecule has 0 N–H and O–H groups in total. The van der Waals surface area contributed by atoms with Gasteiger partial charge in [-0.3, -0.25) is 14.3 Å². The summed E-state index contributed by atoms with van der Waals surface area (Å²) in [6.45, 7) is 9.82. The molecular weight excluding hydrogens is 449 g/mol. The van der Waals surface area contributed by atoms with E-state index in [1.54, 1.807) is 11.0 Å². The summed E-state index contributed by atoms with van der Waals surface area (Å²) >= 11 is 0. The van der Waals surface area contributed by atoms with Gasteiger partial charge in [0.25, 0.3) is 5.91 Å². The lowest BCUT2D eigenvalue weighted by atomic mass is 10.1. The molecule has 0 radical (unpaired) electrons. The monoisotopic (exact) mass is 480 g/mol. The molecular formula is C24H31F3N4O3. The third-order valence-corrected chi connectivity index (χ3v) is 5.92. The number of amides is 1. The maximum absolute atomic E-state index is 13.0. The second kappa shape index (κ2) is 10.5. The number of benzene rings is 1. The first-order valence-corrected chi connectivity index (χ1v) is 11.3. The van der Waals surface area contributed by atoms with Gasteiger partial charge in [-0.2, -0.15) is 18.3 Å². The van der Waals surface area contributed by atoms with Crippen LogP contribution in [0.25, 0.3) is 0 Å². The number of hydrogen-bond acceptors (Lipinski definition) is 5. The zero-order chi connectivity index (χ0) is 25.0. The van der Waals surface area contributed by atoms with E-state index in [2.05, 4.69) is 18.9 Å². The van der Waals surface area contributed by atoms with Crippen molar-refractivity contribution >= 4 is 17.6 Å². The van der Waals surface area contributed by atoms with E-state index in [4.69, 9.17) is 4.74 Å². The van der Waals surface area contributed by atoms with Gasteiger partial charge in [-0.05, 0) is 38.0 Å². The number of alkyl halides is 3. The molecule has 1 saturated heterocycles. The van der Waals surface area contributed by atoms with Gasteiger partial charge in [0, 0.05) is 49.7 Å². The Balaban J connectivity index is 1.49. The van der Waals surface area contributed by atoms with Crippen molar-refractivity contribution < 1.29 is 27.5 Å². The van der Waals surface area contributed by atoms with Crippen LogP contribution in [0.5, 0.6) is 0 Å². The largest absolute Gasteiger partial charge is 0.455 e. The lowest BCUT2D eigenvalue weighted by Crippen LogP contribution is -2.50. The number of carbonyl (C=O) groups excluding carboxylic acids is 2. The van der Waals surface area contributed by atoms with Crippen molar-refractivity contribution in [1.29, 1.82) is 0 Å². The molecule has 2 aromatic rings. The molecule has 0 bridgehead atoms. The zero-order valence-electron chi connectivity index (χ0n) is 20.0. The summed E-state index contributed by atoms with van der Waals surface area (Å²) in [5, 5.41) is 4.49. The van der Waals surface area contributed by atoms with Gasteiger partial charge in [-0.25, -0.2) is 0 Å². The molecule has 7 nitrogen and oxygen atoms in total. The highest BCUT2D eigenvalue weighted by molar-refractivity contribution is 5.81. The summed E-state index contributed by atoms with van der Waals surface area (Å²) in [6, 6.07) is 5.16. The molecule has 3 rings (SSSR count). The van der Waals surface area contributed by atoms with Gasteiger partial charge in [0.2, 0.25) is 0 Å². The van der Waals surface area contributed by atoms with Gasteiger partial charge in [0.1, 0.15) is 0 Å². The molecule has 1 aliphatic rings. The average Bonchev–Trinajstić information content (AvgIpc) is 3.04. The van der Waals surface area contributed by atoms with E-state index in [0.29, 0.717) is 37.8 Å². The molecule has 1 fully saturated rings. The quantitative estimate of drug-likeness (QED) is 0.567. The van der Waals surface area contributed by atoms with Crippen LogP contribution in [-0.4, -0.2) is 59.3 Å². The van der Waals surface area contributed by atoms with Gasteiger partial charge >= 0.3 is 12.1 Å². The molecule has 0 saturated carbocycles. The molecule has 1 aromatic carbocycles. The number of piperazine rings is 1. The smallest absolute Gasteiger partial charge is 0.416 e. The molecule has 2 heterocycles. The number of anilines is 1. The Morgan fingerprint density at radius 2 is 1.79 bits per heavy atom. The Hall–Kier alpha value is -3.04. The minimum atomic E-state index is -4.40. The van der Waals surface area contributed by atoms with Gasteiger partial charge in [-0.1, -0.05) is 19.9 Å². The molecule has 34 heavy (non-hydrogen) atoms. The number of esters is 1. The van der Waals surface area contributed by atoms with Crippen LogP contribution in [0.15, 0.2) is 24.3 Å². The topological polar surface area (TPSA) is 67.7 Å². The molecule has 1 aromatic heterocycles. The van der Waals surface area contributed by atoms with Crippen molar-refractivity contribution in [2.75, 3.05) is 37.7 Å². The van der Waals surface area contributed by atoms with Gasteiger partial charge in [0.05, 0.1) is 17.7 Å². The lowest BCUT2D eigenvalue weighted by molar-refractivity contribution is -0.151. The molecule has 1 amide bonds. The highest BCUT2D eigenvalue weighted by atomic mass is 19.4. The number of aryl methyl sites for hydroxylation is 1. The Morgan fingerprint density at radius 3 is 2.41 bits per heavy atom. The fourth-order valence-corrected chi connectivity index (χ4v) is 4.04. The Labute approximate surface area is 197 Å². The SMILES string of the molecule is Cc1nn(CC(C)C)c(C)c1CC(=O)OCC(=O)N1CCN(c2cccc(C(F)(F)F)c2)CC1. The van der Waals surface area contributed by atoms with E-state index in [0.717, 1.165) is 35.6 Å². The number of ether oxygens (including phenoxy) is 1. The second-order valence-corrected chi connectivity index (χ2v) is 8.98. The normalized spacial score (nSPS) is 14.6.